The number of aliphatic hydroxyl groups is 2. The number of nitrogens with one attached hydrogen (secondary N) is 2. The predicted molar refractivity (Wildman–Crippen MR) is 118 cm³/mol. The van der Waals surface area contributed by atoms with E-state index in [1.54, 1.807) is 0 Å². The molecule has 3 fully saturated rings. The van der Waals surface area contributed by atoms with E-state index in [2.05, 4.69) is 10.6 Å². The molecule has 0 amide bonds. The average molecular weight is 426 g/mol. The zero-order chi connectivity index (χ0) is 21.3. The minimum Gasteiger partial charge on any atom is -0.393 e. The molecule has 3 rings (SSSR count). The Labute approximate surface area is 181 Å². The van der Waals surface area contributed by atoms with Crippen LogP contribution in [0, 0.1) is 27.9 Å². The van der Waals surface area contributed by atoms with E-state index in [9.17, 15) is 20.3 Å². The molecule has 0 saturated heterocycles. The van der Waals surface area contributed by atoms with Crippen molar-refractivity contribution >= 4 is 0 Å². The molecule has 0 spiro atoms. The maximum absolute atomic E-state index is 11.0. The lowest BCUT2D eigenvalue weighted by molar-refractivity contribution is -0.527. The van der Waals surface area contributed by atoms with Gasteiger partial charge in [-0.05, 0) is 62.7 Å². The van der Waals surface area contributed by atoms with Gasteiger partial charge in [-0.25, -0.2) is 0 Å². The first kappa shape index (κ1) is 23.9. The Kier molecular flexibility index (Phi) is 9.81. The van der Waals surface area contributed by atoms with Crippen molar-refractivity contribution in [3.63, 3.8) is 0 Å². The second kappa shape index (κ2) is 12.3. The zero-order valence-electron chi connectivity index (χ0n) is 18.5. The Bertz CT molecular complexity index is 513. The van der Waals surface area contributed by atoms with Crippen LogP contribution in [0.25, 0.3) is 0 Å². The van der Waals surface area contributed by atoms with Crippen molar-refractivity contribution in [2.75, 3.05) is 19.6 Å². The van der Waals surface area contributed by atoms with Crippen LogP contribution in [-0.4, -0.2) is 59.1 Å². The van der Waals surface area contributed by atoms with Crippen LogP contribution in [0.15, 0.2) is 0 Å². The second-order valence-electron chi connectivity index (χ2n) is 10.2. The number of nitrogens with zero attached hydrogens (tertiary/aromatic N) is 1. The maximum atomic E-state index is 11.0. The third kappa shape index (κ3) is 7.43. The highest BCUT2D eigenvalue weighted by atomic mass is 16.6. The van der Waals surface area contributed by atoms with E-state index >= 15 is 0 Å². The third-order valence-electron chi connectivity index (χ3n) is 7.94. The van der Waals surface area contributed by atoms with Crippen LogP contribution >= 0.6 is 0 Å². The summed E-state index contributed by atoms with van der Waals surface area (Å²) < 4.78 is 0. The summed E-state index contributed by atoms with van der Waals surface area (Å²) >= 11 is 0. The van der Waals surface area contributed by atoms with Crippen LogP contribution in [0.2, 0.25) is 0 Å². The average Bonchev–Trinajstić information content (AvgIpc) is 2.74. The molecule has 0 heterocycles. The minimum absolute atomic E-state index is 0.104. The number of rotatable bonds is 10. The summed E-state index contributed by atoms with van der Waals surface area (Å²) in [6, 6.07) is -0.0343. The van der Waals surface area contributed by atoms with Crippen molar-refractivity contribution in [2.24, 2.45) is 17.8 Å². The Morgan fingerprint density at radius 2 is 1.40 bits per heavy atom. The molecule has 0 aromatic rings. The largest absolute Gasteiger partial charge is 0.393 e. The van der Waals surface area contributed by atoms with E-state index in [4.69, 9.17) is 0 Å². The molecule has 3 saturated carbocycles. The maximum Gasteiger partial charge on any atom is 0.213 e. The summed E-state index contributed by atoms with van der Waals surface area (Å²) in [6.07, 6.45) is 12.7. The molecule has 4 N–H and O–H groups in total. The molecule has 0 aromatic heterocycles. The fourth-order valence-electron chi connectivity index (χ4n) is 5.85. The minimum atomic E-state index is -0.351. The topological polar surface area (TPSA) is 108 Å². The lowest BCUT2D eigenvalue weighted by atomic mass is 9.82. The SMILES string of the molecule is O=[N+]([O-])C1CCC(CC(CNCC2CCCCC2O)NCC2CCCCC2O)CC1. The summed E-state index contributed by atoms with van der Waals surface area (Å²) in [5.41, 5.74) is 0. The lowest BCUT2D eigenvalue weighted by Gasteiger charge is -2.33. The molecule has 174 valence electrons. The van der Waals surface area contributed by atoms with Crippen LogP contribution in [0.3, 0.4) is 0 Å². The van der Waals surface area contributed by atoms with Gasteiger partial charge in [0.15, 0.2) is 0 Å². The van der Waals surface area contributed by atoms with Gasteiger partial charge in [0.1, 0.15) is 0 Å². The molecule has 30 heavy (non-hydrogen) atoms. The second-order valence-corrected chi connectivity index (χ2v) is 10.2. The molecule has 0 radical (unpaired) electrons. The molecule has 3 aliphatic carbocycles. The number of nitro groups is 1. The van der Waals surface area contributed by atoms with Gasteiger partial charge in [0.05, 0.1) is 12.2 Å². The Morgan fingerprint density at radius 1 is 0.833 bits per heavy atom. The number of hydrogen-bond acceptors (Lipinski definition) is 6. The standard InChI is InChI=1S/C23H43N3O4/c27-22-7-3-1-5-18(22)14-24-16-20(25-15-19-6-2-4-8-23(19)28)13-17-9-11-21(12-10-17)26(29)30/h17-25,27-28H,1-16H2. The molecule has 0 bridgehead atoms. The van der Waals surface area contributed by atoms with Crippen molar-refractivity contribution in [2.45, 2.75) is 108 Å². The highest BCUT2D eigenvalue weighted by Crippen LogP contribution is 2.30. The molecule has 5 unspecified atom stereocenters. The smallest absolute Gasteiger partial charge is 0.213 e. The number of aliphatic hydroxyl groups excluding tert-OH is 2. The first-order valence-electron chi connectivity index (χ1n) is 12.5. The fourth-order valence-corrected chi connectivity index (χ4v) is 5.85. The van der Waals surface area contributed by atoms with E-state index in [0.717, 1.165) is 77.4 Å². The van der Waals surface area contributed by atoms with E-state index in [1.807, 2.05) is 0 Å². The Balaban J connectivity index is 1.46. The summed E-state index contributed by atoms with van der Waals surface area (Å²) in [6.45, 7) is 2.57. The van der Waals surface area contributed by atoms with Crippen LogP contribution in [0.5, 0.6) is 0 Å². The van der Waals surface area contributed by atoms with E-state index in [0.29, 0.717) is 36.6 Å². The van der Waals surface area contributed by atoms with Gasteiger partial charge in [0.2, 0.25) is 6.04 Å². The van der Waals surface area contributed by atoms with Crippen molar-refractivity contribution < 1.29 is 15.1 Å². The normalized spacial score (nSPS) is 36.3. The highest BCUT2D eigenvalue weighted by Gasteiger charge is 2.30. The van der Waals surface area contributed by atoms with Gasteiger partial charge in [-0.15, -0.1) is 0 Å². The third-order valence-corrected chi connectivity index (χ3v) is 7.94. The molecule has 0 aromatic carbocycles. The monoisotopic (exact) mass is 425 g/mol. The van der Waals surface area contributed by atoms with Gasteiger partial charge in [-0.3, -0.25) is 10.1 Å². The van der Waals surface area contributed by atoms with E-state index in [1.165, 1.54) is 12.8 Å². The quantitative estimate of drug-likeness (QED) is 0.317. The van der Waals surface area contributed by atoms with Crippen LogP contribution in [0.4, 0.5) is 0 Å². The van der Waals surface area contributed by atoms with Gasteiger partial charge >= 0.3 is 0 Å². The Morgan fingerprint density at radius 3 is 1.97 bits per heavy atom. The lowest BCUT2D eigenvalue weighted by Crippen LogP contribution is -2.46. The van der Waals surface area contributed by atoms with Crippen LogP contribution in [-0.2, 0) is 0 Å². The first-order valence-corrected chi connectivity index (χ1v) is 12.5. The van der Waals surface area contributed by atoms with Gasteiger partial charge in [0, 0.05) is 43.4 Å². The summed E-state index contributed by atoms with van der Waals surface area (Å²) in [4.78, 5) is 10.9. The zero-order valence-corrected chi connectivity index (χ0v) is 18.5. The molecular weight excluding hydrogens is 382 g/mol. The summed E-state index contributed by atoms with van der Waals surface area (Å²) in [7, 11) is 0. The Hall–Kier alpha value is -0.760. The van der Waals surface area contributed by atoms with Gasteiger partial charge < -0.3 is 20.8 Å². The van der Waals surface area contributed by atoms with Gasteiger partial charge in [-0.2, -0.15) is 0 Å². The van der Waals surface area contributed by atoms with Crippen molar-refractivity contribution in [3.8, 4) is 0 Å². The molecule has 5 atom stereocenters. The first-order chi connectivity index (χ1) is 14.5. The van der Waals surface area contributed by atoms with Crippen molar-refractivity contribution in [1.82, 2.24) is 10.6 Å². The van der Waals surface area contributed by atoms with Crippen molar-refractivity contribution in [3.05, 3.63) is 10.1 Å². The predicted octanol–water partition coefficient (Wildman–Crippen LogP) is 2.86. The summed E-state index contributed by atoms with van der Waals surface area (Å²) in [5, 5.41) is 38.9. The van der Waals surface area contributed by atoms with Gasteiger partial charge in [-0.1, -0.05) is 25.7 Å². The molecule has 3 aliphatic rings. The molecule has 0 aliphatic heterocycles. The molecule has 7 heteroatoms. The molecule has 7 nitrogen and oxygen atoms in total. The highest BCUT2D eigenvalue weighted by molar-refractivity contribution is 4.83. The van der Waals surface area contributed by atoms with E-state index < -0.39 is 0 Å². The van der Waals surface area contributed by atoms with E-state index in [-0.39, 0.29) is 23.2 Å². The number of hydrogen-bond donors (Lipinski definition) is 4. The summed E-state index contributed by atoms with van der Waals surface area (Å²) in [5.74, 6) is 1.23. The van der Waals surface area contributed by atoms with Gasteiger partial charge in [0.25, 0.3) is 0 Å². The fraction of sp³-hybridized carbons (Fsp3) is 1.00. The van der Waals surface area contributed by atoms with Crippen LogP contribution < -0.4 is 10.6 Å². The van der Waals surface area contributed by atoms with Crippen LogP contribution in [0.1, 0.15) is 83.5 Å². The molecular formula is C23H43N3O4. The van der Waals surface area contributed by atoms with Crippen molar-refractivity contribution in [1.29, 1.82) is 0 Å².